The van der Waals surface area contributed by atoms with E-state index in [0.717, 1.165) is 0 Å². The van der Waals surface area contributed by atoms with Crippen LogP contribution < -0.4 is 5.32 Å². The fourth-order valence-corrected chi connectivity index (χ4v) is 2.30. The highest BCUT2D eigenvalue weighted by Gasteiger charge is 2.16. The van der Waals surface area contributed by atoms with Gasteiger partial charge in [-0.3, -0.25) is 14.9 Å². The van der Waals surface area contributed by atoms with E-state index in [9.17, 15) is 14.9 Å². The molecule has 0 saturated heterocycles. The maximum absolute atomic E-state index is 11.8. The molecule has 0 heterocycles. The van der Waals surface area contributed by atoms with Gasteiger partial charge in [0, 0.05) is 25.2 Å². The Morgan fingerprint density at radius 3 is 2.20 bits per heavy atom. The lowest BCUT2D eigenvalue weighted by atomic mass is 10.2. The van der Waals surface area contributed by atoms with Crippen molar-refractivity contribution in [1.82, 2.24) is 4.90 Å². The lowest BCUT2D eigenvalue weighted by Crippen LogP contribution is -2.35. The van der Waals surface area contributed by atoms with E-state index < -0.39 is 4.92 Å². The quantitative estimate of drug-likeness (QED) is 0.645. The average molecular weight is 320 g/mol. The van der Waals surface area contributed by atoms with E-state index in [1.54, 1.807) is 4.90 Å². The number of benzene rings is 1. The van der Waals surface area contributed by atoms with Crippen LogP contribution in [0.15, 0.2) is 12.1 Å². The van der Waals surface area contributed by atoms with Gasteiger partial charge in [0.25, 0.3) is 5.69 Å². The Morgan fingerprint density at radius 1 is 1.30 bits per heavy atom. The summed E-state index contributed by atoms with van der Waals surface area (Å²) < 4.78 is 0. The number of hydrogen-bond acceptors (Lipinski definition) is 4. The van der Waals surface area contributed by atoms with Crippen molar-refractivity contribution in [3.63, 3.8) is 0 Å². The summed E-state index contributed by atoms with van der Waals surface area (Å²) in [4.78, 5) is 23.6. The standard InChI is InChI=1S/C12H15Cl2N3O3/c1-3-16(4-2)11(18)7-15-12-9(13)5-8(17(19)20)6-10(12)14/h5-6,15H,3-4,7H2,1-2H3. The Hall–Kier alpha value is -1.53. The van der Waals surface area contributed by atoms with Gasteiger partial charge < -0.3 is 10.2 Å². The van der Waals surface area contributed by atoms with Crippen molar-refractivity contribution in [2.45, 2.75) is 13.8 Å². The fraction of sp³-hybridized carbons (Fsp3) is 0.417. The molecule has 0 fully saturated rings. The second kappa shape index (κ2) is 7.31. The van der Waals surface area contributed by atoms with Gasteiger partial charge in [0.2, 0.25) is 5.91 Å². The Labute approximate surface area is 126 Å². The molecule has 6 nitrogen and oxygen atoms in total. The lowest BCUT2D eigenvalue weighted by Gasteiger charge is -2.19. The molecule has 0 bridgehead atoms. The number of anilines is 1. The number of nitrogens with one attached hydrogen (secondary N) is 1. The van der Waals surface area contributed by atoms with Gasteiger partial charge in [0.15, 0.2) is 0 Å². The molecule has 1 amide bonds. The predicted molar refractivity (Wildman–Crippen MR) is 79.5 cm³/mol. The molecule has 0 saturated carbocycles. The van der Waals surface area contributed by atoms with E-state index >= 15 is 0 Å². The molecule has 1 rings (SSSR count). The van der Waals surface area contributed by atoms with Crippen molar-refractivity contribution >= 4 is 40.5 Å². The number of nitro groups is 1. The molecular formula is C12H15Cl2N3O3. The van der Waals surface area contributed by atoms with Crippen LogP contribution in [0.4, 0.5) is 11.4 Å². The molecule has 1 N–H and O–H groups in total. The molecule has 110 valence electrons. The summed E-state index contributed by atoms with van der Waals surface area (Å²) in [5.74, 6) is -0.0968. The van der Waals surface area contributed by atoms with Gasteiger partial charge in [-0.25, -0.2) is 0 Å². The van der Waals surface area contributed by atoms with Crippen molar-refractivity contribution < 1.29 is 9.72 Å². The van der Waals surface area contributed by atoms with Gasteiger partial charge >= 0.3 is 0 Å². The first kappa shape index (κ1) is 16.5. The zero-order valence-electron chi connectivity index (χ0n) is 11.2. The zero-order valence-corrected chi connectivity index (χ0v) is 12.7. The minimum Gasteiger partial charge on any atom is -0.374 e. The normalized spacial score (nSPS) is 10.2. The van der Waals surface area contributed by atoms with Gasteiger partial charge in [-0.2, -0.15) is 0 Å². The van der Waals surface area contributed by atoms with Gasteiger partial charge in [0.1, 0.15) is 0 Å². The molecule has 0 atom stereocenters. The highest BCUT2D eigenvalue weighted by atomic mass is 35.5. The number of hydrogen-bond donors (Lipinski definition) is 1. The third kappa shape index (κ3) is 3.98. The number of likely N-dealkylation sites (N-methyl/N-ethyl adjacent to an activating group) is 1. The third-order valence-electron chi connectivity index (χ3n) is 2.77. The molecule has 0 aliphatic rings. The molecule has 20 heavy (non-hydrogen) atoms. The first-order chi connectivity index (χ1) is 9.40. The number of amides is 1. The molecule has 8 heteroatoms. The number of carbonyl (C=O) groups is 1. The van der Waals surface area contributed by atoms with Crippen molar-refractivity contribution in [2.75, 3.05) is 25.0 Å². The topological polar surface area (TPSA) is 75.5 Å². The number of rotatable bonds is 6. The Balaban J connectivity index is 2.84. The molecule has 0 radical (unpaired) electrons. The summed E-state index contributed by atoms with van der Waals surface area (Å²) in [5, 5.41) is 13.7. The van der Waals surface area contributed by atoms with Crippen LogP contribution >= 0.6 is 23.2 Å². The summed E-state index contributed by atoms with van der Waals surface area (Å²) >= 11 is 11.9. The second-order valence-corrected chi connectivity index (χ2v) is 4.78. The van der Waals surface area contributed by atoms with Gasteiger partial charge in [-0.05, 0) is 13.8 Å². The monoisotopic (exact) mass is 319 g/mol. The smallest absolute Gasteiger partial charge is 0.272 e. The number of nitro benzene ring substituents is 1. The van der Waals surface area contributed by atoms with Crippen molar-refractivity contribution in [3.8, 4) is 0 Å². The summed E-state index contributed by atoms with van der Waals surface area (Å²) in [7, 11) is 0. The van der Waals surface area contributed by atoms with Crippen LogP contribution in [-0.2, 0) is 4.79 Å². The number of non-ortho nitro benzene ring substituents is 1. The van der Waals surface area contributed by atoms with Crippen molar-refractivity contribution in [1.29, 1.82) is 0 Å². The van der Waals surface area contributed by atoms with Crippen LogP contribution in [0.25, 0.3) is 0 Å². The molecule has 0 unspecified atom stereocenters. The summed E-state index contributed by atoms with van der Waals surface area (Å²) in [6.45, 7) is 5.01. The summed E-state index contributed by atoms with van der Waals surface area (Å²) in [6, 6.07) is 2.38. The van der Waals surface area contributed by atoms with Crippen molar-refractivity contribution in [3.05, 3.63) is 32.3 Å². The SMILES string of the molecule is CCN(CC)C(=O)CNc1c(Cl)cc([N+](=O)[O-])cc1Cl. The Bertz CT molecular complexity index is 496. The molecule has 1 aromatic carbocycles. The first-order valence-electron chi connectivity index (χ1n) is 6.05. The first-order valence-corrected chi connectivity index (χ1v) is 6.81. The van der Waals surface area contributed by atoms with E-state index in [2.05, 4.69) is 5.32 Å². The van der Waals surface area contributed by atoms with Crippen LogP contribution in [0.5, 0.6) is 0 Å². The van der Waals surface area contributed by atoms with Crippen molar-refractivity contribution in [2.24, 2.45) is 0 Å². The molecule has 0 aliphatic carbocycles. The Kier molecular flexibility index (Phi) is 6.04. The Morgan fingerprint density at radius 2 is 1.80 bits per heavy atom. The molecule has 0 aliphatic heterocycles. The summed E-state index contributed by atoms with van der Waals surface area (Å²) in [5.41, 5.74) is 0.125. The van der Waals surface area contributed by atoms with E-state index in [4.69, 9.17) is 23.2 Å². The molecular weight excluding hydrogens is 305 g/mol. The maximum atomic E-state index is 11.8. The third-order valence-corrected chi connectivity index (χ3v) is 3.37. The fourth-order valence-electron chi connectivity index (χ4n) is 1.69. The minimum absolute atomic E-state index is 0.0267. The number of nitrogens with zero attached hydrogens (tertiary/aromatic N) is 2. The van der Waals surface area contributed by atoms with Crippen LogP contribution in [0.1, 0.15) is 13.8 Å². The second-order valence-electron chi connectivity index (χ2n) is 3.96. The molecule has 1 aromatic rings. The van der Waals surface area contributed by atoms with Crippen LogP contribution in [0.3, 0.4) is 0 Å². The van der Waals surface area contributed by atoms with E-state index in [-0.39, 0.29) is 28.2 Å². The largest absolute Gasteiger partial charge is 0.374 e. The molecule has 0 aromatic heterocycles. The number of halogens is 2. The zero-order chi connectivity index (χ0) is 15.3. The van der Waals surface area contributed by atoms with Gasteiger partial charge in [-0.1, -0.05) is 23.2 Å². The van der Waals surface area contributed by atoms with E-state index in [1.165, 1.54) is 12.1 Å². The maximum Gasteiger partial charge on any atom is 0.272 e. The van der Waals surface area contributed by atoms with E-state index in [0.29, 0.717) is 18.8 Å². The average Bonchev–Trinajstić information content (AvgIpc) is 2.38. The highest BCUT2D eigenvalue weighted by molar-refractivity contribution is 6.39. The van der Waals surface area contributed by atoms with Crippen LogP contribution in [0, 0.1) is 10.1 Å². The van der Waals surface area contributed by atoms with E-state index in [1.807, 2.05) is 13.8 Å². The van der Waals surface area contributed by atoms with Gasteiger partial charge in [0.05, 0.1) is 27.2 Å². The summed E-state index contributed by atoms with van der Waals surface area (Å²) in [6.07, 6.45) is 0. The number of carbonyl (C=O) groups excluding carboxylic acids is 1. The van der Waals surface area contributed by atoms with Gasteiger partial charge in [-0.15, -0.1) is 0 Å². The predicted octanol–water partition coefficient (Wildman–Crippen LogP) is 3.18. The van der Waals surface area contributed by atoms with Crippen LogP contribution in [0.2, 0.25) is 10.0 Å². The molecule has 0 spiro atoms. The minimum atomic E-state index is -0.581. The van der Waals surface area contributed by atoms with Crippen LogP contribution in [-0.4, -0.2) is 35.4 Å². The lowest BCUT2D eigenvalue weighted by molar-refractivity contribution is -0.384. The highest BCUT2D eigenvalue weighted by Crippen LogP contribution is 2.34.